The Morgan fingerprint density at radius 2 is 1.29 bits per heavy atom. The lowest BCUT2D eigenvalue weighted by atomic mass is 10.1. The van der Waals surface area contributed by atoms with Crippen molar-refractivity contribution in [2.24, 2.45) is 0 Å². The van der Waals surface area contributed by atoms with Crippen molar-refractivity contribution in [1.29, 1.82) is 0 Å². The molecule has 2 aromatic rings. The van der Waals surface area contributed by atoms with E-state index in [1.165, 1.54) is 39.5 Å². The number of carbonyl (C=O) groups excluding carboxylic acids is 3. The average molecular weight is 475 g/mol. The smallest absolute Gasteiger partial charge is 0.269 e. The zero-order valence-electron chi connectivity index (χ0n) is 19.8. The zero-order chi connectivity index (χ0) is 25.1. The van der Waals surface area contributed by atoms with Gasteiger partial charge in [0.2, 0.25) is 5.75 Å². The Labute approximate surface area is 197 Å². The van der Waals surface area contributed by atoms with Gasteiger partial charge in [-0.05, 0) is 44.2 Å². The Hall–Kier alpha value is -4.15. The highest BCUT2D eigenvalue weighted by Gasteiger charge is 2.18. The molecule has 0 aliphatic rings. The molecule has 0 saturated heterocycles. The molecule has 0 fully saturated rings. The molecule has 34 heavy (non-hydrogen) atoms. The van der Waals surface area contributed by atoms with E-state index < -0.39 is 17.7 Å². The Kier molecular flexibility index (Phi) is 9.81. The first-order valence-corrected chi connectivity index (χ1v) is 10.4. The summed E-state index contributed by atoms with van der Waals surface area (Å²) in [5.74, 6) is 0.106. The number of hydrazine groups is 1. The van der Waals surface area contributed by atoms with E-state index in [9.17, 15) is 14.4 Å². The quantitative estimate of drug-likeness (QED) is 0.418. The minimum Gasteiger partial charge on any atom is -0.493 e. The minimum atomic E-state index is -0.634. The maximum Gasteiger partial charge on any atom is 0.269 e. The second-order valence-corrected chi connectivity index (χ2v) is 6.63. The average Bonchev–Trinajstić information content (AvgIpc) is 2.85. The fourth-order valence-electron chi connectivity index (χ4n) is 2.91. The van der Waals surface area contributed by atoms with E-state index in [2.05, 4.69) is 16.2 Å². The van der Waals surface area contributed by atoms with Crippen molar-refractivity contribution in [2.75, 3.05) is 41.1 Å². The van der Waals surface area contributed by atoms with Crippen molar-refractivity contribution in [3.05, 3.63) is 41.5 Å². The number of hydrogen-bond donors (Lipinski definition) is 3. The molecule has 0 unspecified atom stereocenters. The van der Waals surface area contributed by atoms with Crippen molar-refractivity contribution in [3.8, 4) is 28.7 Å². The SMILES string of the molecule is CCOc1ccc(C(=O)NCC(=O)NNC(=O)c2cc(OC)c(OC)c(OC)c2)cc1OCC. The van der Waals surface area contributed by atoms with Crippen molar-refractivity contribution >= 4 is 17.7 Å². The third-order valence-electron chi connectivity index (χ3n) is 4.46. The molecule has 2 aromatic carbocycles. The van der Waals surface area contributed by atoms with E-state index in [1.54, 1.807) is 12.1 Å². The summed E-state index contributed by atoms with van der Waals surface area (Å²) >= 11 is 0. The fourth-order valence-corrected chi connectivity index (χ4v) is 2.91. The molecule has 184 valence electrons. The van der Waals surface area contributed by atoms with Crippen molar-refractivity contribution in [2.45, 2.75) is 13.8 Å². The molecule has 0 spiro atoms. The van der Waals surface area contributed by atoms with Gasteiger partial charge in [-0.15, -0.1) is 0 Å². The van der Waals surface area contributed by atoms with Crippen LogP contribution in [0.3, 0.4) is 0 Å². The maximum atomic E-state index is 12.4. The Morgan fingerprint density at radius 3 is 1.85 bits per heavy atom. The monoisotopic (exact) mass is 475 g/mol. The first-order valence-electron chi connectivity index (χ1n) is 10.4. The number of methoxy groups -OCH3 is 3. The summed E-state index contributed by atoms with van der Waals surface area (Å²) in [5.41, 5.74) is 4.97. The van der Waals surface area contributed by atoms with Gasteiger partial charge < -0.3 is 29.0 Å². The molecule has 2 rings (SSSR count). The van der Waals surface area contributed by atoms with Crippen LogP contribution in [0.1, 0.15) is 34.6 Å². The van der Waals surface area contributed by atoms with Gasteiger partial charge in [0.25, 0.3) is 17.7 Å². The standard InChI is InChI=1S/C23H29N3O8/c1-6-33-16-9-8-14(10-17(16)34-7-2)22(28)24-13-20(27)25-26-23(29)15-11-18(30-3)21(32-5)19(12-15)31-4/h8-12H,6-7,13H2,1-5H3,(H,24,28)(H,25,27)(H,26,29). The predicted molar refractivity (Wildman–Crippen MR) is 123 cm³/mol. The number of nitrogens with one attached hydrogen (secondary N) is 3. The van der Waals surface area contributed by atoms with Crippen LogP contribution in [0.25, 0.3) is 0 Å². The summed E-state index contributed by atoms with van der Waals surface area (Å²) in [6, 6.07) is 7.60. The van der Waals surface area contributed by atoms with Gasteiger partial charge in [-0.2, -0.15) is 0 Å². The summed E-state index contributed by atoms with van der Waals surface area (Å²) in [6.07, 6.45) is 0. The normalized spacial score (nSPS) is 10.0. The topological polar surface area (TPSA) is 133 Å². The molecule has 3 amide bonds. The Morgan fingerprint density at radius 1 is 0.706 bits per heavy atom. The van der Waals surface area contributed by atoms with Gasteiger partial charge in [0, 0.05) is 11.1 Å². The number of hydrogen-bond acceptors (Lipinski definition) is 8. The second kappa shape index (κ2) is 12.8. The molecule has 11 nitrogen and oxygen atoms in total. The van der Waals surface area contributed by atoms with Gasteiger partial charge in [0.05, 0.1) is 41.1 Å². The van der Waals surface area contributed by atoms with Gasteiger partial charge in [0.1, 0.15) is 0 Å². The first-order chi connectivity index (χ1) is 16.4. The molecule has 0 radical (unpaired) electrons. The molecule has 0 aliphatic heterocycles. The van der Waals surface area contributed by atoms with Crippen LogP contribution in [0, 0.1) is 0 Å². The lowest BCUT2D eigenvalue weighted by Gasteiger charge is -2.14. The van der Waals surface area contributed by atoms with Gasteiger partial charge >= 0.3 is 0 Å². The third-order valence-corrected chi connectivity index (χ3v) is 4.46. The Bertz CT molecular complexity index is 1000. The van der Waals surface area contributed by atoms with Gasteiger partial charge in [0.15, 0.2) is 23.0 Å². The van der Waals surface area contributed by atoms with Crippen molar-refractivity contribution in [1.82, 2.24) is 16.2 Å². The minimum absolute atomic E-state index is 0.164. The van der Waals surface area contributed by atoms with Crippen LogP contribution in [-0.4, -0.2) is 58.8 Å². The van der Waals surface area contributed by atoms with Gasteiger partial charge in [-0.1, -0.05) is 0 Å². The molecule has 0 bridgehead atoms. The highest BCUT2D eigenvalue weighted by Crippen LogP contribution is 2.38. The molecule has 3 N–H and O–H groups in total. The number of ether oxygens (including phenoxy) is 5. The molecule has 0 aromatic heterocycles. The summed E-state index contributed by atoms with van der Waals surface area (Å²) in [6.45, 7) is 4.15. The number of rotatable bonds is 11. The highest BCUT2D eigenvalue weighted by atomic mass is 16.5. The molecule has 0 atom stereocenters. The fraction of sp³-hybridized carbons (Fsp3) is 0.348. The lowest BCUT2D eigenvalue weighted by Crippen LogP contribution is -2.46. The van der Waals surface area contributed by atoms with E-state index in [0.717, 1.165) is 0 Å². The van der Waals surface area contributed by atoms with Crippen LogP contribution in [-0.2, 0) is 4.79 Å². The van der Waals surface area contributed by atoms with Gasteiger partial charge in [-0.3, -0.25) is 25.2 Å². The van der Waals surface area contributed by atoms with Gasteiger partial charge in [-0.25, -0.2) is 0 Å². The van der Waals surface area contributed by atoms with Crippen molar-refractivity contribution in [3.63, 3.8) is 0 Å². The van der Waals surface area contributed by atoms with Crippen LogP contribution >= 0.6 is 0 Å². The zero-order valence-corrected chi connectivity index (χ0v) is 19.8. The van der Waals surface area contributed by atoms with E-state index in [-0.39, 0.29) is 23.6 Å². The van der Waals surface area contributed by atoms with Crippen LogP contribution in [0.5, 0.6) is 28.7 Å². The number of carbonyl (C=O) groups is 3. The summed E-state index contributed by atoms with van der Waals surface area (Å²) in [5, 5.41) is 2.48. The Balaban J connectivity index is 1.95. The van der Waals surface area contributed by atoms with Crippen molar-refractivity contribution < 1.29 is 38.1 Å². The first kappa shape index (κ1) is 26.1. The van der Waals surface area contributed by atoms with Crippen LogP contribution in [0.2, 0.25) is 0 Å². The predicted octanol–water partition coefficient (Wildman–Crippen LogP) is 1.70. The maximum absolute atomic E-state index is 12.4. The van der Waals surface area contributed by atoms with E-state index >= 15 is 0 Å². The van der Waals surface area contributed by atoms with Crippen LogP contribution in [0.4, 0.5) is 0 Å². The van der Waals surface area contributed by atoms with E-state index in [0.29, 0.717) is 36.0 Å². The molecule has 0 aliphatic carbocycles. The van der Waals surface area contributed by atoms with E-state index in [4.69, 9.17) is 23.7 Å². The van der Waals surface area contributed by atoms with Crippen LogP contribution < -0.4 is 39.9 Å². The highest BCUT2D eigenvalue weighted by molar-refractivity contribution is 5.98. The van der Waals surface area contributed by atoms with E-state index in [1.807, 2.05) is 13.8 Å². The number of benzene rings is 2. The molecular weight excluding hydrogens is 446 g/mol. The largest absolute Gasteiger partial charge is 0.493 e. The second-order valence-electron chi connectivity index (χ2n) is 6.63. The lowest BCUT2D eigenvalue weighted by molar-refractivity contribution is -0.120. The molecule has 0 heterocycles. The summed E-state index contributed by atoms with van der Waals surface area (Å²) < 4.78 is 26.6. The summed E-state index contributed by atoms with van der Waals surface area (Å²) in [7, 11) is 4.29. The summed E-state index contributed by atoms with van der Waals surface area (Å²) in [4.78, 5) is 37.0. The molecule has 0 saturated carbocycles. The molecule has 11 heteroatoms. The van der Waals surface area contributed by atoms with Crippen LogP contribution in [0.15, 0.2) is 30.3 Å². The third kappa shape index (κ3) is 6.67. The number of amides is 3. The molecular formula is C23H29N3O8.